The van der Waals surface area contributed by atoms with Crippen molar-refractivity contribution in [1.82, 2.24) is 10.3 Å². The van der Waals surface area contributed by atoms with Crippen molar-refractivity contribution >= 4 is 23.6 Å². The lowest BCUT2D eigenvalue weighted by Gasteiger charge is -2.09. The van der Waals surface area contributed by atoms with E-state index in [9.17, 15) is 14.4 Å². The highest BCUT2D eigenvalue weighted by molar-refractivity contribution is 6.02. The second-order valence-electron chi connectivity index (χ2n) is 6.82. The number of aromatic nitrogens is 1. The quantitative estimate of drug-likeness (QED) is 0.528. The number of hydrogen-bond donors (Lipinski definition) is 2. The van der Waals surface area contributed by atoms with Gasteiger partial charge in [0.05, 0.1) is 5.56 Å². The van der Waals surface area contributed by atoms with Gasteiger partial charge in [-0.25, -0.2) is 9.59 Å². The monoisotopic (exact) mass is 449 g/mol. The van der Waals surface area contributed by atoms with Gasteiger partial charge in [0.15, 0.2) is 18.1 Å². The van der Waals surface area contributed by atoms with E-state index in [-0.39, 0.29) is 12.4 Å². The Balaban J connectivity index is 1.20. The maximum Gasteiger partial charge on any atom is 0.338 e. The molecule has 33 heavy (non-hydrogen) atoms. The largest absolute Gasteiger partial charge is 0.489 e. The number of imide groups is 1. The van der Waals surface area contributed by atoms with E-state index in [1.807, 2.05) is 12.1 Å². The topological polar surface area (TPSA) is 125 Å². The lowest BCUT2D eigenvalue weighted by atomic mass is 10.2. The molecule has 1 aromatic heterocycles. The molecule has 0 fully saturated rings. The van der Waals surface area contributed by atoms with Crippen LogP contribution in [0.2, 0.25) is 0 Å². The predicted molar refractivity (Wildman–Crippen MR) is 115 cm³/mol. The number of anilines is 1. The number of hydrogen-bond acceptors (Lipinski definition) is 8. The van der Waals surface area contributed by atoms with Crippen molar-refractivity contribution in [2.24, 2.45) is 0 Å². The fourth-order valence-electron chi connectivity index (χ4n) is 2.85. The van der Waals surface area contributed by atoms with E-state index < -0.39 is 24.5 Å². The molecule has 2 aromatic carbocycles. The molecule has 168 valence electrons. The minimum Gasteiger partial charge on any atom is -0.489 e. The first-order valence-electron chi connectivity index (χ1n) is 9.86. The number of carbonyl (C=O) groups is 3. The van der Waals surface area contributed by atoms with Gasteiger partial charge in [-0.2, -0.15) is 0 Å². The lowest BCUT2D eigenvalue weighted by Crippen LogP contribution is -2.37. The third-order valence-electron chi connectivity index (χ3n) is 4.44. The zero-order chi connectivity index (χ0) is 23.0. The maximum absolute atomic E-state index is 12.1. The number of nitrogens with one attached hydrogen (secondary N) is 2. The van der Waals surface area contributed by atoms with Gasteiger partial charge in [0.2, 0.25) is 6.79 Å². The van der Waals surface area contributed by atoms with Gasteiger partial charge in [0.25, 0.3) is 5.91 Å². The number of nitrogens with zero attached hydrogens (tertiary/aromatic N) is 1. The fraction of sp³-hybridized carbons (Fsp3) is 0.130. The molecule has 0 bridgehead atoms. The van der Waals surface area contributed by atoms with Gasteiger partial charge in [-0.05, 0) is 42.5 Å². The van der Waals surface area contributed by atoms with E-state index in [2.05, 4.69) is 15.6 Å². The van der Waals surface area contributed by atoms with Crippen LogP contribution in [-0.4, -0.2) is 36.3 Å². The van der Waals surface area contributed by atoms with E-state index in [1.165, 1.54) is 12.1 Å². The molecule has 0 radical (unpaired) electrons. The molecule has 0 spiro atoms. The van der Waals surface area contributed by atoms with E-state index in [0.717, 1.165) is 5.56 Å². The number of urea groups is 1. The Hall–Kier alpha value is -4.60. The van der Waals surface area contributed by atoms with E-state index in [1.54, 1.807) is 42.7 Å². The van der Waals surface area contributed by atoms with Crippen LogP contribution in [0, 0.1) is 0 Å². The molecular weight excluding hydrogens is 430 g/mol. The van der Waals surface area contributed by atoms with Gasteiger partial charge in [-0.1, -0.05) is 6.07 Å². The summed E-state index contributed by atoms with van der Waals surface area (Å²) in [6.45, 7) is -0.172. The van der Waals surface area contributed by atoms with Crippen LogP contribution in [0.4, 0.5) is 10.5 Å². The van der Waals surface area contributed by atoms with Gasteiger partial charge >= 0.3 is 12.0 Å². The molecule has 4 rings (SSSR count). The number of carbonyl (C=O) groups excluding carboxylic acids is 3. The first-order valence-corrected chi connectivity index (χ1v) is 9.86. The molecule has 1 aliphatic heterocycles. The number of benzene rings is 2. The van der Waals surface area contributed by atoms with Crippen LogP contribution in [0.1, 0.15) is 15.9 Å². The lowest BCUT2D eigenvalue weighted by molar-refractivity contribution is -0.123. The molecule has 3 amide bonds. The summed E-state index contributed by atoms with van der Waals surface area (Å²) < 4.78 is 21.0. The van der Waals surface area contributed by atoms with Crippen LogP contribution >= 0.6 is 0 Å². The standard InChI is InChI=1S/C23H19N3O7/c27-21(26-23(29)25-17-5-8-19-20(10-17)33-14-32-19)13-31-22(28)16-3-6-18(7-4-16)30-12-15-2-1-9-24-11-15/h1-11H,12-14H2,(H2,25,26,27,29). The Labute approximate surface area is 188 Å². The molecule has 2 N–H and O–H groups in total. The minimum atomic E-state index is -0.780. The number of fused-ring (bicyclic) bond motifs is 1. The average Bonchev–Trinajstić information content (AvgIpc) is 3.30. The van der Waals surface area contributed by atoms with Gasteiger partial charge < -0.3 is 24.3 Å². The second kappa shape index (κ2) is 10.1. The molecule has 0 aliphatic carbocycles. The highest BCUT2D eigenvalue weighted by Crippen LogP contribution is 2.34. The van der Waals surface area contributed by atoms with E-state index >= 15 is 0 Å². The number of pyridine rings is 1. The molecule has 10 nitrogen and oxygen atoms in total. The molecule has 0 saturated heterocycles. The van der Waals surface area contributed by atoms with Gasteiger partial charge in [0, 0.05) is 29.7 Å². The molecular formula is C23H19N3O7. The van der Waals surface area contributed by atoms with Gasteiger partial charge in [-0.3, -0.25) is 15.1 Å². The average molecular weight is 449 g/mol. The first kappa shape index (κ1) is 21.6. The molecule has 2 heterocycles. The van der Waals surface area contributed by atoms with Crippen molar-refractivity contribution in [3.63, 3.8) is 0 Å². The summed E-state index contributed by atoms with van der Waals surface area (Å²) in [7, 11) is 0. The molecule has 0 unspecified atom stereocenters. The highest BCUT2D eigenvalue weighted by atomic mass is 16.7. The number of amides is 3. The summed E-state index contributed by atoms with van der Waals surface area (Å²) in [6.07, 6.45) is 3.38. The van der Waals surface area contributed by atoms with Gasteiger partial charge in [-0.15, -0.1) is 0 Å². The molecule has 0 atom stereocenters. The Kier molecular flexibility index (Phi) is 6.64. The maximum atomic E-state index is 12.1. The third kappa shape index (κ3) is 5.97. The molecule has 3 aromatic rings. The summed E-state index contributed by atoms with van der Waals surface area (Å²) >= 11 is 0. The van der Waals surface area contributed by atoms with Crippen LogP contribution in [-0.2, 0) is 16.1 Å². The van der Waals surface area contributed by atoms with Crippen LogP contribution in [0.5, 0.6) is 17.2 Å². The SMILES string of the molecule is O=C(COC(=O)c1ccc(OCc2cccnc2)cc1)NC(=O)Nc1ccc2c(c1)OCO2. The van der Waals surface area contributed by atoms with E-state index in [0.29, 0.717) is 29.5 Å². The van der Waals surface area contributed by atoms with Crippen molar-refractivity contribution in [2.45, 2.75) is 6.61 Å². The van der Waals surface area contributed by atoms with Crippen LogP contribution in [0.15, 0.2) is 67.0 Å². The molecule has 1 aliphatic rings. The Morgan fingerprint density at radius 3 is 2.61 bits per heavy atom. The van der Waals surface area contributed by atoms with Crippen LogP contribution < -0.4 is 24.8 Å². The number of rotatable bonds is 7. The zero-order valence-corrected chi connectivity index (χ0v) is 17.3. The minimum absolute atomic E-state index is 0.107. The Morgan fingerprint density at radius 1 is 1.00 bits per heavy atom. The first-order chi connectivity index (χ1) is 16.1. The summed E-state index contributed by atoms with van der Waals surface area (Å²) in [5.74, 6) is 0.130. The van der Waals surface area contributed by atoms with Crippen molar-refractivity contribution in [1.29, 1.82) is 0 Å². The second-order valence-corrected chi connectivity index (χ2v) is 6.82. The fourth-order valence-corrected chi connectivity index (χ4v) is 2.85. The number of ether oxygens (including phenoxy) is 4. The van der Waals surface area contributed by atoms with E-state index in [4.69, 9.17) is 18.9 Å². The summed E-state index contributed by atoms with van der Waals surface area (Å²) in [6, 6.07) is 14.0. The van der Waals surface area contributed by atoms with Gasteiger partial charge in [0.1, 0.15) is 12.4 Å². The molecule has 0 saturated carbocycles. The third-order valence-corrected chi connectivity index (χ3v) is 4.44. The molecule has 10 heteroatoms. The van der Waals surface area contributed by atoms with Crippen molar-refractivity contribution < 1.29 is 33.3 Å². The van der Waals surface area contributed by atoms with Crippen LogP contribution in [0.25, 0.3) is 0 Å². The smallest absolute Gasteiger partial charge is 0.338 e. The van der Waals surface area contributed by atoms with Crippen molar-refractivity contribution in [3.8, 4) is 17.2 Å². The normalized spacial score (nSPS) is 11.4. The summed E-state index contributed by atoms with van der Waals surface area (Å²) in [4.78, 5) is 40.0. The highest BCUT2D eigenvalue weighted by Gasteiger charge is 2.16. The Morgan fingerprint density at radius 2 is 1.82 bits per heavy atom. The van der Waals surface area contributed by atoms with Crippen molar-refractivity contribution in [2.75, 3.05) is 18.7 Å². The summed E-state index contributed by atoms with van der Waals surface area (Å²) in [5, 5.41) is 4.57. The van der Waals surface area contributed by atoms with Crippen LogP contribution in [0.3, 0.4) is 0 Å². The number of esters is 1. The zero-order valence-electron chi connectivity index (χ0n) is 17.3. The van der Waals surface area contributed by atoms with Crippen molar-refractivity contribution in [3.05, 3.63) is 78.1 Å². The Bertz CT molecular complexity index is 1150. The summed E-state index contributed by atoms with van der Waals surface area (Å²) in [5.41, 5.74) is 1.56. The predicted octanol–water partition coefficient (Wildman–Crippen LogP) is 2.89.